The Morgan fingerprint density at radius 3 is 2.32 bits per heavy atom. The van der Waals surface area contributed by atoms with Gasteiger partial charge in [-0.25, -0.2) is 9.97 Å². The van der Waals surface area contributed by atoms with Crippen molar-refractivity contribution in [1.29, 1.82) is 0 Å². The van der Waals surface area contributed by atoms with Gasteiger partial charge >= 0.3 is 6.18 Å². The molecule has 3 heterocycles. The molecule has 1 fully saturated rings. The van der Waals surface area contributed by atoms with E-state index < -0.39 is 34.5 Å². The molecule has 1 aromatic carbocycles. The average molecular weight is 574 g/mol. The first-order valence-corrected chi connectivity index (χ1v) is 13.5. The minimum absolute atomic E-state index is 0.0812. The van der Waals surface area contributed by atoms with Crippen molar-refractivity contribution in [1.82, 2.24) is 19.4 Å². The Balaban J connectivity index is 1.93. The minimum Gasteiger partial charge on any atom is -0.479 e. The first kappa shape index (κ1) is 30.5. The van der Waals surface area contributed by atoms with E-state index in [1.54, 1.807) is 41.9 Å². The molecule has 2 aromatic heterocycles. The molecule has 0 spiro atoms. The van der Waals surface area contributed by atoms with E-state index in [9.17, 15) is 23.1 Å². The number of amides is 1. The largest absolute Gasteiger partial charge is 0.479 e. The van der Waals surface area contributed by atoms with Crippen molar-refractivity contribution >= 4 is 16.8 Å². The van der Waals surface area contributed by atoms with E-state index in [4.69, 9.17) is 14.7 Å². The third-order valence-corrected chi connectivity index (χ3v) is 8.00. The highest BCUT2D eigenvalue weighted by Crippen LogP contribution is 2.48. The number of piperidine rings is 1. The molecule has 0 saturated carbocycles. The van der Waals surface area contributed by atoms with E-state index in [0.717, 1.165) is 6.07 Å². The second-order valence-electron chi connectivity index (χ2n) is 12.3. The quantitative estimate of drug-likeness (QED) is 0.454. The van der Waals surface area contributed by atoms with Crippen molar-refractivity contribution in [2.24, 2.45) is 12.0 Å². The average Bonchev–Trinajstić information content (AvgIpc) is 2.82. The van der Waals surface area contributed by atoms with Gasteiger partial charge in [0.05, 0.1) is 36.1 Å². The number of rotatable bonds is 4. The number of carbonyl (C=O) groups is 1. The molecule has 1 saturated heterocycles. The fourth-order valence-electron chi connectivity index (χ4n) is 6.95. The first-order valence-electron chi connectivity index (χ1n) is 13.5. The van der Waals surface area contributed by atoms with Crippen LogP contribution in [-0.2, 0) is 23.6 Å². The highest BCUT2D eigenvalue weighted by Gasteiger charge is 2.54. The van der Waals surface area contributed by atoms with Crippen molar-refractivity contribution < 1.29 is 27.8 Å². The van der Waals surface area contributed by atoms with Crippen LogP contribution in [-0.4, -0.2) is 48.6 Å². The molecule has 1 amide bonds. The number of aryl methyl sites for hydroxylation is 1. The van der Waals surface area contributed by atoms with Crippen LogP contribution in [0.4, 0.5) is 13.2 Å². The molecular weight excluding hydrogens is 535 g/mol. The van der Waals surface area contributed by atoms with Crippen LogP contribution in [0.2, 0.25) is 0 Å². The molecule has 1 N–H and O–H groups in total. The summed E-state index contributed by atoms with van der Waals surface area (Å²) < 4.78 is 48.1. The van der Waals surface area contributed by atoms with E-state index in [0.29, 0.717) is 22.2 Å². The lowest BCUT2D eigenvalue weighted by Crippen LogP contribution is -2.66. The summed E-state index contributed by atoms with van der Waals surface area (Å²) in [5.74, 6) is 0.169. The smallest absolute Gasteiger partial charge is 0.416 e. The molecule has 4 rings (SSSR count). The maximum absolute atomic E-state index is 13.6. The topological polar surface area (TPSA) is 92.8 Å². The summed E-state index contributed by atoms with van der Waals surface area (Å²) in [6, 6.07) is 5.15. The lowest BCUT2D eigenvalue weighted by molar-refractivity contribution is -0.168. The van der Waals surface area contributed by atoms with Crippen LogP contribution in [0.15, 0.2) is 35.6 Å². The van der Waals surface area contributed by atoms with Crippen LogP contribution >= 0.6 is 0 Å². The summed E-state index contributed by atoms with van der Waals surface area (Å²) in [7, 11) is 3.25. The van der Waals surface area contributed by atoms with E-state index >= 15 is 0 Å². The number of ether oxygens (including phenoxy) is 1. The number of likely N-dealkylation sites (tertiary alicyclic amines) is 1. The molecule has 1 atom stereocenters. The van der Waals surface area contributed by atoms with Crippen molar-refractivity contribution in [3.63, 3.8) is 0 Å². The number of alkyl halides is 3. The number of hydrogen-bond donors (Lipinski definition) is 1. The van der Waals surface area contributed by atoms with Gasteiger partial charge in [-0.05, 0) is 64.8 Å². The minimum atomic E-state index is -4.48. The van der Waals surface area contributed by atoms with Gasteiger partial charge in [0.1, 0.15) is 11.1 Å². The van der Waals surface area contributed by atoms with E-state index in [2.05, 4.69) is 4.98 Å². The Morgan fingerprint density at radius 1 is 1.17 bits per heavy atom. The second-order valence-corrected chi connectivity index (χ2v) is 12.3. The number of benzene rings is 1. The third-order valence-electron chi connectivity index (χ3n) is 8.00. The fraction of sp³-hybridized carbons (Fsp3) is 0.533. The summed E-state index contributed by atoms with van der Waals surface area (Å²) in [6.45, 7) is 12.4. The van der Waals surface area contributed by atoms with Crippen LogP contribution < -0.4 is 10.2 Å². The molecule has 1 aliphatic rings. The molecule has 11 heteroatoms. The number of methoxy groups -OCH3 is 1. The standard InChI is InChI=1S/C30H38F3N5O3/c1-17-20(11-10-12-22(17)30(31,32)33)18(2)35-25-21-13-23(36-26(41-9)24(21)37(8)16-34-25)29(40)14-27(4,5)38(19(3)39)28(6,7)15-29/h10-13,16,18,40H,14-15H2,1-9H3/b35-25-. The van der Waals surface area contributed by atoms with Crippen LogP contribution in [0.5, 0.6) is 5.88 Å². The number of nitrogens with zero attached hydrogens (tertiary/aromatic N) is 5. The van der Waals surface area contributed by atoms with Crippen molar-refractivity contribution in [3.05, 3.63) is 58.5 Å². The van der Waals surface area contributed by atoms with E-state index in [1.807, 2.05) is 27.7 Å². The molecule has 1 aliphatic heterocycles. The van der Waals surface area contributed by atoms with Crippen molar-refractivity contribution in [2.45, 2.75) is 90.2 Å². The molecule has 8 nitrogen and oxygen atoms in total. The Labute approximate surface area is 237 Å². The van der Waals surface area contributed by atoms with Gasteiger partial charge in [-0.3, -0.25) is 9.79 Å². The number of pyridine rings is 1. The lowest BCUT2D eigenvalue weighted by atomic mass is 9.69. The predicted octanol–water partition coefficient (Wildman–Crippen LogP) is 5.35. The van der Waals surface area contributed by atoms with E-state index in [1.165, 1.54) is 27.0 Å². The molecule has 3 aromatic rings. The summed E-state index contributed by atoms with van der Waals surface area (Å²) in [5, 5.41) is 12.7. The highest BCUT2D eigenvalue weighted by atomic mass is 19.4. The molecule has 222 valence electrons. The molecule has 0 bridgehead atoms. The normalized spacial score (nSPS) is 19.3. The van der Waals surface area contributed by atoms with Crippen molar-refractivity contribution in [2.75, 3.05) is 7.11 Å². The van der Waals surface area contributed by atoms with Gasteiger partial charge in [0.25, 0.3) is 0 Å². The van der Waals surface area contributed by atoms with Crippen molar-refractivity contribution in [3.8, 4) is 5.88 Å². The fourth-order valence-corrected chi connectivity index (χ4v) is 6.95. The maximum Gasteiger partial charge on any atom is 0.416 e. The summed E-state index contributed by atoms with van der Waals surface area (Å²) in [5.41, 5.74) is -1.75. The molecule has 41 heavy (non-hydrogen) atoms. The zero-order valence-electron chi connectivity index (χ0n) is 25.0. The van der Waals surface area contributed by atoms with Gasteiger partial charge in [-0.15, -0.1) is 0 Å². The van der Waals surface area contributed by atoms with Gasteiger partial charge in [0, 0.05) is 37.9 Å². The zero-order chi connectivity index (χ0) is 30.7. The SMILES string of the molecule is COc1nc(C2(O)CC(C)(C)N(C(C)=O)C(C)(C)C2)cc2/c(=N/C(C)c3cccc(C(F)(F)F)c3C)ncn(C)c12. The van der Waals surface area contributed by atoms with Gasteiger partial charge in [-0.2, -0.15) is 13.2 Å². The molecule has 0 radical (unpaired) electrons. The maximum atomic E-state index is 13.6. The van der Waals surface area contributed by atoms with Crippen LogP contribution in [0, 0.1) is 6.92 Å². The third kappa shape index (κ3) is 5.43. The second kappa shape index (κ2) is 10.1. The molecule has 1 unspecified atom stereocenters. The number of fused-ring (bicyclic) bond motifs is 1. The molecule has 0 aliphatic carbocycles. The summed E-state index contributed by atoms with van der Waals surface area (Å²) >= 11 is 0. The predicted molar refractivity (Wildman–Crippen MR) is 149 cm³/mol. The molecular formula is C30H38F3N5O3. The van der Waals surface area contributed by atoms with E-state index in [-0.39, 0.29) is 35.7 Å². The Hall–Kier alpha value is -3.47. The lowest BCUT2D eigenvalue weighted by Gasteiger charge is -2.57. The highest BCUT2D eigenvalue weighted by molar-refractivity contribution is 5.83. The number of aliphatic hydroxyl groups is 1. The first-order chi connectivity index (χ1) is 18.8. The summed E-state index contributed by atoms with van der Waals surface area (Å²) in [6.07, 6.45) is -2.48. The van der Waals surface area contributed by atoms with Gasteiger partial charge < -0.3 is 19.3 Å². The Kier molecular flexibility index (Phi) is 7.52. The van der Waals surface area contributed by atoms with Gasteiger partial charge in [-0.1, -0.05) is 12.1 Å². The number of carbonyl (C=O) groups excluding carboxylic acids is 1. The summed E-state index contributed by atoms with van der Waals surface area (Å²) in [4.78, 5) is 28.3. The van der Waals surface area contributed by atoms with Gasteiger partial charge in [0.15, 0.2) is 5.49 Å². The number of hydrogen-bond acceptors (Lipinski definition) is 6. The van der Waals surface area contributed by atoms with Crippen LogP contribution in [0.25, 0.3) is 10.9 Å². The number of halogens is 3. The number of aromatic nitrogens is 3. The van der Waals surface area contributed by atoms with Gasteiger partial charge in [0.2, 0.25) is 11.8 Å². The van der Waals surface area contributed by atoms with Crippen LogP contribution in [0.3, 0.4) is 0 Å². The zero-order valence-corrected chi connectivity index (χ0v) is 25.0. The Morgan fingerprint density at radius 2 is 1.78 bits per heavy atom. The monoisotopic (exact) mass is 573 g/mol. The Bertz CT molecular complexity index is 1560. The van der Waals surface area contributed by atoms with Crippen LogP contribution in [0.1, 0.15) is 82.8 Å².